The van der Waals surface area contributed by atoms with Gasteiger partial charge in [0, 0.05) is 11.8 Å². The third kappa shape index (κ3) is 2.91. The molecule has 24 heavy (non-hydrogen) atoms. The highest BCUT2D eigenvalue weighted by molar-refractivity contribution is 5.86. The van der Waals surface area contributed by atoms with Crippen molar-refractivity contribution in [2.75, 3.05) is 14.1 Å². The van der Waals surface area contributed by atoms with Crippen LogP contribution in [0, 0.1) is 0 Å². The maximum absolute atomic E-state index is 12.6. The van der Waals surface area contributed by atoms with Crippen LogP contribution in [0.15, 0.2) is 54.6 Å². The lowest BCUT2D eigenvalue weighted by Crippen LogP contribution is -2.56. The Labute approximate surface area is 145 Å². The van der Waals surface area contributed by atoms with Gasteiger partial charge in [-0.2, -0.15) is 0 Å². The monoisotopic (exact) mass is 321 g/mol. The molecule has 2 nitrogen and oxygen atoms in total. The van der Waals surface area contributed by atoms with Crippen molar-refractivity contribution in [2.24, 2.45) is 0 Å². The molecule has 0 N–H and O–H groups in total. The van der Waals surface area contributed by atoms with Gasteiger partial charge in [-0.1, -0.05) is 67.9 Å². The molecule has 1 unspecified atom stereocenters. The van der Waals surface area contributed by atoms with E-state index >= 15 is 0 Å². The largest absolute Gasteiger partial charge is 0.299 e. The number of likely N-dealkylation sites (N-methyl/N-ethyl adjacent to an activating group) is 1. The predicted molar refractivity (Wildman–Crippen MR) is 100 cm³/mol. The SMILES string of the molecule is CCC(=O)C(N(C)C)C1(c2ccc(-c3ccccc3)cc2)CCC1. The van der Waals surface area contributed by atoms with Gasteiger partial charge in [0.25, 0.3) is 0 Å². The average molecular weight is 321 g/mol. The second kappa shape index (κ2) is 6.90. The summed E-state index contributed by atoms with van der Waals surface area (Å²) in [5, 5.41) is 0. The minimum Gasteiger partial charge on any atom is -0.299 e. The van der Waals surface area contributed by atoms with E-state index in [2.05, 4.69) is 53.4 Å². The van der Waals surface area contributed by atoms with Crippen LogP contribution in [0.1, 0.15) is 38.2 Å². The summed E-state index contributed by atoms with van der Waals surface area (Å²) in [6, 6.07) is 19.3. The lowest BCUT2D eigenvalue weighted by molar-refractivity contribution is -0.127. The number of ketones is 1. The molecule has 1 aliphatic rings. The van der Waals surface area contributed by atoms with Gasteiger partial charge >= 0.3 is 0 Å². The lowest BCUT2D eigenvalue weighted by atomic mass is 9.58. The normalized spacial score (nSPS) is 17.3. The van der Waals surface area contributed by atoms with Crippen molar-refractivity contribution in [1.29, 1.82) is 0 Å². The number of benzene rings is 2. The molecule has 1 saturated carbocycles. The first-order chi connectivity index (χ1) is 11.6. The Morgan fingerprint density at radius 2 is 1.58 bits per heavy atom. The summed E-state index contributed by atoms with van der Waals surface area (Å²) in [6.07, 6.45) is 4.02. The molecule has 0 aliphatic heterocycles. The zero-order valence-electron chi connectivity index (χ0n) is 15.0. The zero-order valence-corrected chi connectivity index (χ0v) is 15.0. The van der Waals surface area contributed by atoms with Gasteiger partial charge in [0.05, 0.1) is 6.04 Å². The van der Waals surface area contributed by atoms with Crippen molar-refractivity contribution < 1.29 is 4.79 Å². The van der Waals surface area contributed by atoms with Crippen LogP contribution in [0.25, 0.3) is 11.1 Å². The minimum absolute atomic E-state index is 0.00812. The fourth-order valence-electron chi connectivity index (χ4n) is 4.19. The smallest absolute Gasteiger partial charge is 0.150 e. The molecule has 2 aromatic carbocycles. The van der Waals surface area contributed by atoms with E-state index in [4.69, 9.17) is 0 Å². The van der Waals surface area contributed by atoms with Gasteiger partial charge in [0.15, 0.2) is 5.78 Å². The summed E-state index contributed by atoms with van der Waals surface area (Å²) in [6.45, 7) is 1.98. The van der Waals surface area contributed by atoms with Gasteiger partial charge in [-0.3, -0.25) is 9.69 Å². The predicted octanol–water partition coefficient (Wildman–Crippen LogP) is 4.68. The van der Waals surface area contributed by atoms with Crippen molar-refractivity contribution in [1.82, 2.24) is 4.90 Å². The molecule has 3 rings (SSSR count). The Bertz CT molecular complexity index is 684. The van der Waals surface area contributed by atoms with E-state index in [0.717, 1.165) is 12.8 Å². The van der Waals surface area contributed by atoms with Crippen molar-refractivity contribution in [3.05, 3.63) is 60.2 Å². The van der Waals surface area contributed by atoms with Crippen molar-refractivity contribution >= 4 is 5.78 Å². The van der Waals surface area contributed by atoms with Crippen LogP contribution in [0.4, 0.5) is 0 Å². The van der Waals surface area contributed by atoms with Gasteiger partial charge in [-0.05, 0) is 43.6 Å². The minimum atomic E-state index is -0.0150. The molecule has 1 aliphatic carbocycles. The molecular formula is C22H27NO. The van der Waals surface area contributed by atoms with Crippen LogP contribution in [-0.2, 0) is 10.2 Å². The van der Waals surface area contributed by atoms with E-state index in [1.165, 1.54) is 23.1 Å². The molecule has 0 bridgehead atoms. The Morgan fingerprint density at radius 1 is 1.00 bits per heavy atom. The highest BCUT2D eigenvalue weighted by Gasteiger charge is 2.48. The van der Waals surface area contributed by atoms with Crippen LogP contribution < -0.4 is 0 Å². The van der Waals surface area contributed by atoms with Crippen LogP contribution in [0.5, 0.6) is 0 Å². The quantitative estimate of drug-likeness (QED) is 0.769. The Morgan fingerprint density at radius 3 is 2.04 bits per heavy atom. The number of rotatable bonds is 6. The third-order valence-corrected chi connectivity index (χ3v) is 5.51. The zero-order chi connectivity index (χ0) is 17.2. The van der Waals surface area contributed by atoms with E-state index in [0.29, 0.717) is 12.2 Å². The number of hydrogen-bond donors (Lipinski definition) is 0. The van der Waals surface area contributed by atoms with Crippen LogP contribution in [0.3, 0.4) is 0 Å². The topological polar surface area (TPSA) is 20.3 Å². The molecule has 0 spiro atoms. The molecule has 0 amide bonds. The first-order valence-corrected chi connectivity index (χ1v) is 8.93. The molecule has 1 atom stereocenters. The average Bonchev–Trinajstić information content (AvgIpc) is 2.58. The lowest BCUT2D eigenvalue weighted by Gasteiger charge is -2.50. The first-order valence-electron chi connectivity index (χ1n) is 8.93. The van der Waals surface area contributed by atoms with Gasteiger partial charge in [0.1, 0.15) is 0 Å². The van der Waals surface area contributed by atoms with Crippen molar-refractivity contribution in [3.63, 3.8) is 0 Å². The van der Waals surface area contributed by atoms with E-state index in [9.17, 15) is 4.79 Å². The van der Waals surface area contributed by atoms with Crippen molar-refractivity contribution in [3.8, 4) is 11.1 Å². The summed E-state index contributed by atoms with van der Waals surface area (Å²) in [5.41, 5.74) is 3.78. The van der Waals surface area contributed by atoms with Gasteiger partial charge in [-0.15, -0.1) is 0 Å². The van der Waals surface area contributed by atoms with Crippen LogP contribution in [-0.4, -0.2) is 30.8 Å². The van der Waals surface area contributed by atoms with E-state index in [-0.39, 0.29) is 11.5 Å². The van der Waals surface area contributed by atoms with E-state index < -0.39 is 0 Å². The van der Waals surface area contributed by atoms with Gasteiger partial charge in [-0.25, -0.2) is 0 Å². The molecular weight excluding hydrogens is 294 g/mol. The summed E-state index contributed by atoms with van der Waals surface area (Å²) in [4.78, 5) is 14.7. The summed E-state index contributed by atoms with van der Waals surface area (Å²) < 4.78 is 0. The molecule has 1 fully saturated rings. The van der Waals surface area contributed by atoms with E-state index in [1.54, 1.807) is 0 Å². The van der Waals surface area contributed by atoms with E-state index in [1.807, 2.05) is 27.1 Å². The fourth-order valence-corrected chi connectivity index (χ4v) is 4.19. The highest BCUT2D eigenvalue weighted by Crippen LogP contribution is 2.48. The highest BCUT2D eigenvalue weighted by atomic mass is 16.1. The Balaban J connectivity index is 1.95. The molecule has 2 heteroatoms. The maximum atomic E-state index is 12.6. The number of nitrogens with zero attached hydrogens (tertiary/aromatic N) is 1. The fraction of sp³-hybridized carbons (Fsp3) is 0.409. The number of hydrogen-bond acceptors (Lipinski definition) is 2. The van der Waals surface area contributed by atoms with Gasteiger partial charge in [0.2, 0.25) is 0 Å². The molecule has 126 valence electrons. The number of Topliss-reactive ketones (excluding diaryl/α,β-unsaturated/α-hetero) is 1. The summed E-state index contributed by atoms with van der Waals surface area (Å²) >= 11 is 0. The summed E-state index contributed by atoms with van der Waals surface area (Å²) in [5.74, 6) is 0.354. The molecule has 0 heterocycles. The summed E-state index contributed by atoms with van der Waals surface area (Å²) in [7, 11) is 4.08. The standard InChI is InChI=1S/C22H27NO/c1-4-20(24)21(23(2)3)22(15-8-16-22)19-13-11-18(12-14-19)17-9-6-5-7-10-17/h5-7,9-14,21H,4,8,15-16H2,1-3H3. The number of carbonyl (C=O) groups is 1. The van der Waals surface area contributed by atoms with Crippen molar-refractivity contribution in [2.45, 2.75) is 44.1 Å². The third-order valence-electron chi connectivity index (χ3n) is 5.51. The second-order valence-electron chi connectivity index (χ2n) is 7.14. The maximum Gasteiger partial charge on any atom is 0.150 e. The van der Waals surface area contributed by atoms with Crippen LogP contribution in [0.2, 0.25) is 0 Å². The first kappa shape index (κ1) is 16.9. The van der Waals surface area contributed by atoms with Gasteiger partial charge < -0.3 is 0 Å². The Hall–Kier alpha value is -1.93. The molecule has 0 radical (unpaired) electrons. The van der Waals surface area contributed by atoms with Crippen LogP contribution >= 0.6 is 0 Å². The second-order valence-corrected chi connectivity index (χ2v) is 7.14. The molecule has 0 saturated heterocycles. The molecule has 2 aromatic rings. The number of carbonyl (C=O) groups excluding carboxylic acids is 1. The Kier molecular flexibility index (Phi) is 4.86. The molecule has 0 aromatic heterocycles.